The van der Waals surface area contributed by atoms with Crippen molar-refractivity contribution in [1.82, 2.24) is 24.4 Å². The van der Waals surface area contributed by atoms with E-state index >= 15 is 0 Å². The van der Waals surface area contributed by atoms with Crippen molar-refractivity contribution in [1.29, 1.82) is 0 Å². The standard InChI is InChI=1S/C28H34FN7O4/c1-17-12-33(7-8-35(17)19-15-40-16-19)23-10-20-18(13-34(27(20)38)14-24(29)28(2,3)39)9-22(23)32-26(37)21-11-31-36-6-4-5-30-25(21)36/h4-6,9-11,17,19,24,39H,7-8,12-16H2,1-3H3,(H,32,37). The van der Waals surface area contributed by atoms with Crippen LogP contribution < -0.4 is 10.2 Å². The van der Waals surface area contributed by atoms with Crippen LogP contribution in [0.1, 0.15) is 47.1 Å². The van der Waals surface area contributed by atoms with Crippen LogP contribution in [0.3, 0.4) is 0 Å². The molecule has 2 amide bonds. The smallest absolute Gasteiger partial charge is 0.261 e. The van der Waals surface area contributed by atoms with Gasteiger partial charge in [0.1, 0.15) is 11.7 Å². The molecule has 2 saturated heterocycles. The lowest BCUT2D eigenvalue weighted by Gasteiger charge is -2.47. The van der Waals surface area contributed by atoms with Gasteiger partial charge in [0, 0.05) is 50.2 Å². The molecule has 0 bridgehead atoms. The summed E-state index contributed by atoms with van der Waals surface area (Å²) in [6.07, 6.45) is 3.21. The van der Waals surface area contributed by atoms with Gasteiger partial charge < -0.3 is 25.0 Å². The van der Waals surface area contributed by atoms with Crippen molar-refractivity contribution >= 4 is 28.8 Å². The molecule has 1 aromatic carbocycles. The number of ether oxygens (including phenoxy) is 1. The first-order valence-electron chi connectivity index (χ1n) is 13.6. The summed E-state index contributed by atoms with van der Waals surface area (Å²) in [5.41, 5.74) is 1.69. The monoisotopic (exact) mass is 551 g/mol. The molecular weight excluding hydrogens is 517 g/mol. The molecule has 6 rings (SSSR count). The second-order valence-electron chi connectivity index (χ2n) is 11.5. The highest BCUT2D eigenvalue weighted by Gasteiger charge is 2.37. The first kappa shape index (κ1) is 26.6. The molecule has 2 unspecified atom stereocenters. The van der Waals surface area contributed by atoms with Crippen molar-refractivity contribution < 1.29 is 23.8 Å². The Labute approximate surface area is 231 Å². The molecule has 5 heterocycles. The van der Waals surface area contributed by atoms with E-state index in [1.54, 1.807) is 18.5 Å². The molecule has 2 N–H and O–H groups in total. The van der Waals surface area contributed by atoms with Crippen LogP contribution in [0.25, 0.3) is 5.65 Å². The molecule has 12 heteroatoms. The van der Waals surface area contributed by atoms with Crippen molar-refractivity contribution in [3.63, 3.8) is 0 Å². The van der Waals surface area contributed by atoms with Crippen LogP contribution >= 0.6 is 0 Å². The Balaban J connectivity index is 1.31. The number of alkyl halides is 1. The molecule has 3 aliphatic heterocycles. The third-order valence-electron chi connectivity index (χ3n) is 8.13. The fraction of sp³-hybridized carbons (Fsp3) is 0.500. The van der Waals surface area contributed by atoms with Gasteiger partial charge in [-0.05, 0) is 44.5 Å². The molecule has 2 atom stereocenters. The number of aromatic nitrogens is 3. The highest BCUT2D eigenvalue weighted by atomic mass is 19.1. The van der Waals surface area contributed by atoms with Gasteiger partial charge >= 0.3 is 0 Å². The number of nitrogens with one attached hydrogen (secondary N) is 1. The number of aliphatic hydroxyl groups is 1. The average molecular weight is 552 g/mol. The molecule has 0 aliphatic carbocycles. The Morgan fingerprint density at radius 1 is 1.30 bits per heavy atom. The van der Waals surface area contributed by atoms with E-state index in [-0.39, 0.29) is 30.9 Å². The number of amides is 2. The second-order valence-corrected chi connectivity index (χ2v) is 11.5. The van der Waals surface area contributed by atoms with Crippen LogP contribution in [-0.2, 0) is 11.3 Å². The Morgan fingerprint density at radius 2 is 2.10 bits per heavy atom. The summed E-state index contributed by atoms with van der Waals surface area (Å²) in [5.74, 6) is -0.647. The van der Waals surface area contributed by atoms with Gasteiger partial charge in [0.05, 0.1) is 49.0 Å². The number of halogens is 1. The minimum atomic E-state index is -1.60. The van der Waals surface area contributed by atoms with Gasteiger partial charge in [-0.1, -0.05) is 0 Å². The van der Waals surface area contributed by atoms with Crippen molar-refractivity contribution in [2.45, 2.75) is 51.2 Å². The molecule has 2 fully saturated rings. The summed E-state index contributed by atoms with van der Waals surface area (Å²) >= 11 is 0. The number of anilines is 2. The minimum absolute atomic E-state index is 0.192. The number of piperazine rings is 1. The van der Waals surface area contributed by atoms with Crippen LogP contribution in [0.2, 0.25) is 0 Å². The van der Waals surface area contributed by atoms with Gasteiger partial charge in [0.15, 0.2) is 5.65 Å². The van der Waals surface area contributed by atoms with Gasteiger partial charge in [0.2, 0.25) is 0 Å². The van der Waals surface area contributed by atoms with Crippen LogP contribution in [0.5, 0.6) is 0 Å². The Hall–Kier alpha value is -3.61. The lowest BCUT2D eigenvalue weighted by molar-refractivity contribution is -0.0792. The molecule has 40 heavy (non-hydrogen) atoms. The Morgan fingerprint density at radius 3 is 2.80 bits per heavy atom. The number of hydrogen-bond donors (Lipinski definition) is 2. The molecule has 3 aromatic rings. The molecule has 0 radical (unpaired) electrons. The quantitative estimate of drug-likeness (QED) is 0.458. The third-order valence-corrected chi connectivity index (χ3v) is 8.13. The maximum absolute atomic E-state index is 14.7. The van der Waals surface area contributed by atoms with Crippen LogP contribution in [0.4, 0.5) is 15.8 Å². The lowest BCUT2D eigenvalue weighted by Crippen LogP contribution is -2.60. The predicted octanol–water partition coefficient (Wildman–Crippen LogP) is 1.96. The summed E-state index contributed by atoms with van der Waals surface area (Å²) < 4.78 is 21.6. The summed E-state index contributed by atoms with van der Waals surface area (Å²) in [6.45, 7) is 8.65. The topological polar surface area (TPSA) is 116 Å². The van der Waals surface area contributed by atoms with Gasteiger partial charge in [-0.25, -0.2) is 13.9 Å². The molecule has 0 spiro atoms. The number of rotatable bonds is 7. The molecule has 11 nitrogen and oxygen atoms in total. The number of benzene rings is 1. The van der Waals surface area contributed by atoms with Crippen molar-refractivity contribution in [2.75, 3.05) is 49.6 Å². The van der Waals surface area contributed by atoms with Crippen LogP contribution in [0, 0.1) is 0 Å². The summed E-state index contributed by atoms with van der Waals surface area (Å²) in [4.78, 5) is 37.1. The zero-order chi connectivity index (χ0) is 28.2. The zero-order valence-electron chi connectivity index (χ0n) is 22.9. The van der Waals surface area contributed by atoms with Crippen molar-refractivity contribution in [3.8, 4) is 0 Å². The normalized spacial score (nSPS) is 21.0. The molecular formula is C28H34FN7O4. The summed E-state index contributed by atoms with van der Waals surface area (Å²) in [7, 11) is 0. The van der Waals surface area contributed by atoms with Crippen LogP contribution in [0.15, 0.2) is 36.8 Å². The maximum atomic E-state index is 14.7. The van der Waals surface area contributed by atoms with E-state index in [9.17, 15) is 19.1 Å². The van der Waals surface area contributed by atoms with Gasteiger partial charge in [-0.15, -0.1) is 0 Å². The SMILES string of the molecule is CC1CN(c2cc3c(cc2NC(=O)c2cnn4cccnc24)CN(CC(F)C(C)(C)O)C3=O)CCN1C1COC1. The van der Waals surface area contributed by atoms with Gasteiger partial charge in [-0.3, -0.25) is 14.5 Å². The molecule has 3 aliphatic rings. The summed E-state index contributed by atoms with van der Waals surface area (Å²) in [5, 5.41) is 17.4. The van der Waals surface area contributed by atoms with Crippen LogP contribution in [-0.4, -0.2) is 105 Å². The number of carbonyl (C=O) groups excluding carboxylic acids is 2. The van der Waals surface area contributed by atoms with E-state index in [0.29, 0.717) is 47.2 Å². The number of hydrogen-bond acceptors (Lipinski definition) is 8. The average Bonchev–Trinajstić information content (AvgIpc) is 3.44. The highest BCUT2D eigenvalue weighted by Crippen LogP contribution is 2.37. The number of carbonyl (C=O) groups is 2. The Kier molecular flexibility index (Phi) is 6.71. The fourth-order valence-electron chi connectivity index (χ4n) is 5.66. The van der Waals surface area contributed by atoms with E-state index in [4.69, 9.17) is 4.74 Å². The van der Waals surface area contributed by atoms with E-state index in [2.05, 4.69) is 32.1 Å². The van der Waals surface area contributed by atoms with E-state index in [0.717, 1.165) is 25.4 Å². The molecule has 2 aromatic heterocycles. The van der Waals surface area contributed by atoms with E-state index in [1.807, 2.05) is 12.1 Å². The van der Waals surface area contributed by atoms with Crippen molar-refractivity contribution in [3.05, 3.63) is 53.5 Å². The summed E-state index contributed by atoms with van der Waals surface area (Å²) in [6, 6.07) is 6.02. The minimum Gasteiger partial charge on any atom is -0.387 e. The van der Waals surface area contributed by atoms with Crippen molar-refractivity contribution in [2.24, 2.45) is 0 Å². The predicted molar refractivity (Wildman–Crippen MR) is 146 cm³/mol. The maximum Gasteiger partial charge on any atom is 0.261 e. The largest absolute Gasteiger partial charge is 0.387 e. The van der Waals surface area contributed by atoms with E-state index < -0.39 is 11.8 Å². The first-order valence-corrected chi connectivity index (χ1v) is 13.6. The fourth-order valence-corrected chi connectivity index (χ4v) is 5.66. The van der Waals surface area contributed by atoms with E-state index in [1.165, 1.54) is 29.5 Å². The highest BCUT2D eigenvalue weighted by molar-refractivity contribution is 6.10. The number of nitrogens with zero attached hydrogens (tertiary/aromatic N) is 6. The zero-order valence-corrected chi connectivity index (χ0v) is 22.9. The molecule has 212 valence electrons. The van der Waals surface area contributed by atoms with Gasteiger partial charge in [0.25, 0.3) is 11.8 Å². The van der Waals surface area contributed by atoms with Gasteiger partial charge in [-0.2, -0.15) is 5.10 Å². The third kappa shape index (κ3) is 4.80. The second kappa shape index (κ2) is 10.1. The first-order chi connectivity index (χ1) is 19.1. The number of fused-ring (bicyclic) bond motifs is 2. The Bertz CT molecular complexity index is 1450. The lowest BCUT2D eigenvalue weighted by atomic mass is 10.0. The molecule has 0 saturated carbocycles.